The van der Waals surface area contributed by atoms with Crippen LogP contribution in [0.15, 0.2) is 24.3 Å². The fourth-order valence-corrected chi connectivity index (χ4v) is 4.74. The second-order valence-electron chi connectivity index (χ2n) is 9.25. The Hall–Kier alpha value is -2.41. The Morgan fingerprint density at radius 1 is 0.935 bits per heavy atom. The highest BCUT2D eigenvalue weighted by atomic mass is 16.2. The first kappa shape index (κ1) is 23.3. The third-order valence-corrected chi connectivity index (χ3v) is 6.23. The van der Waals surface area contributed by atoms with Crippen LogP contribution in [0, 0.1) is 11.8 Å². The molecule has 1 aliphatic carbocycles. The van der Waals surface area contributed by atoms with Crippen molar-refractivity contribution in [3.05, 3.63) is 24.3 Å². The second kappa shape index (κ2) is 10.8. The first-order valence-electron chi connectivity index (χ1n) is 11.5. The van der Waals surface area contributed by atoms with Gasteiger partial charge in [0.25, 0.3) is 0 Å². The van der Waals surface area contributed by atoms with Crippen LogP contribution in [0.25, 0.3) is 0 Å². The lowest BCUT2D eigenvalue weighted by Crippen LogP contribution is -2.57. The molecule has 3 rings (SSSR count). The molecule has 7 nitrogen and oxygen atoms in total. The number of carbonyl (C=O) groups excluding carboxylic acids is 3. The van der Waals surface area contributed by atoms with Gasteiger partial charge in [-0.1, -0.05) is 26.7 Å². The number of nitrogens with one attached hydrogen (secondary N) is 2. The Balaban J connectivity index is 1.63. The largest absolute Gasteiger partial charge is 0.340 e. The van der Waals surface area contributed by atoms with Gasteiger partial charge in [-0.3, -0.25) is 19.3 Å². The van der Waals surface area contributed by atoms with Crippen molar-refractivity contribution in [1.29, 1.82) is 0 Å². The van der Waals surface area contributed by atoms with E-state index >= 15 is 0 Å². The van der Waals surface area contributed by atoms with Crippen molar-refractivity contribution in [2.24, 2.45) is 11.8 Å². The lowest BCUT2D eigenvalue weighted by molar-refractivity contribution is -0.135. The topological polar surface area (TPSA) is 81.8 Å². The minimum atomic E-state index is -0.167. The molecule has 2 aliphatic rings. The zero-order valence-electron chi connectivity index (χ0n) is 19.0. The minimum absolute atomic E-state index is 0.0288. The van der Waals surface area contributed by atoms with Crippen molar-refractivity contribution in [1.82, 2.24) is 9.80 Å². The van der Waals surface area contributed by atoms with Gasteiger partial charge < -0.3 is 15.5 Å². The summed E-state index contributed by atoms with van der Waals surface area (Å²) >= 11 is 0. The van der Waals surface area contributed by atoms with Crippen molar-refractivity contribution in [2.75, 3.05) is 36.8 Å². The summed E-state index contributed by atoms with van der Waals surface area (Å²) in [6, 6.07) is 7.05. The molecule has 0 aromatic heterocycles. The summed E-state index contributed by atoms with van der Waals surface area (Å²) in [5.41, 5.74) is 1.44. The number of nitrogens with zero attached hydrogens (tertiary/aromatic N) is 2. The van der Waals surface area contributed by atoms with Gasteiger partial charge in [-0.25, -0.2) is 0 Å². The minimum Gasteiger partial charge on any atom is -0.340 e. The molecule has 1 aliphatic heterocycles. The molecular formula is C24H36N4O3. The summed E-state index contributed by atoms with van der Waals surface area (Å²) in [6.45, 7) is 8.45. The molecule has 7 heteroatoms. The van der Waals surface area contributed by atoms with Crippen LogP contribution in [0.5, 0.6) is 0 Å². The molecule has 1 aromatic carbocycles. The van der Waals surface area contributed by atoms with Gasteiger partial charge in [-0.15, -0.1) is 0 Å². The Morgan fingerprint density at radius 2 is 1.48 bits per heavy atom. The third-order valence-electron chi connectivity index (χ3n) is 6.23. The van der Waals surface area contributed by atoms with Gasteiger partial charge >= 0.3 is 0 Å². The first-order valence-corrected chi connectivity index (χ1v) is 11.5. The van der Waals surface area contributed by atoms with Gasteiger partial charge in [-0.05, 0) is 48.9 Å². The molecule has 1 atom stereocenters. The van der Waals surface area contributed by atoms with Gasteiger partial charge in [0.1, 0.15) is 0 Å². The Labute approximate surface area is 185 Å². The zero-order valence-corrected chi connectivity index (χ0v) is 19.0. The standard InChI is InChI=1S/C24H36N4O3/c1-17(2)16-22(30)27-12-14-28(15-13-27)23(19-6-4-5-7-19)24(31)26-21-10-8-20(9-11-21)25-18(3)29/h8-11,17,19,23H,4-7,12-16H2,1-3H3,(H,25,29)(H,26,31). The maximum atomic E-state index is 13.3. The summed E-state index contributed by atoms with van der Waals surface area (Å²) in [7, 11) is 0. The highest BCUT2D eigenvalue weighted by Crippen LogP contribution is 2.32. The van der Waals surface area contributed by atoms with E-state index in [9.17, 15) is 14.4 Å². The molecule has 170 valence electrons. The highest BCUT2D eigenvalue weighted by molar-refractivity contribution is 5.95. The van der Waals surface area contributed by atoms with Crippen LogP contribution in [0.2, 0.25) is 0 Å². The molecule has 31 heavy (non-hydrogen) atoms. The van der Waals surface area contributed by atoms with Crippen LogP contribution in [-0.2, 0) is 14.4 Å². The number of amides is 3. The SMILES string of the molecule is CC(=O)Nc1ccc(NC(=O)C(C2CCCC2)N2CCN(C(=O)CC(C)C)CC2)cc1. The zero-order chi connectivity index (χ0) is 22.4. The molecule has 0 radical (unpaired) electrons. The van der Waals surface area contributed by atoms with Crippen LogP contribution >= 0.6 is 0 Å². The molecule has 0 spiro atoms. The van der Waals surface area contributed by atoms with Crippen LogP contribution in [-0.4, -0.2) is 59.7 Å². The van der Waals surface area contributed by atoms with E-state index in [1.165, 1.54) is 19.8 Å². The number of carbonyl (C=O) groups is 3. The number of anilines is 2. The third kappa shape index (κ3) is 6.53. The van der Waals surface area contributed by atoms with Gasteiger partial charge in [0, 0.05) is 50.9 Å². The van der Waals surface area contributed by atoms with Gasteiger partial charge in [0.2, 0.25) is 17.7 Å². The molecule has 3 amide bonds. The van der Waals surface area contributed by atoms with Crippen molar-refractivity contribution >= 4 is 29.1 Å². The Kier molecular flexibility index (Phi) is 8.07. The number of hydrogen-bond donors (Lipinski definition) is 2. The van der Waals surface area contributed by atoms with E-state index < -0.39 is 0 Å². The fraction of sp³-hybridized carbons (Fsp3) is 0.625. The van der Waals surface area contributed by atoms with E-state index in [0.717, 1.165) is 31.6 Å². The van der Waals surface area contributed by atoms with E-state index in [4.69, 9.17) is 0 Å². The quantitative estimate of drug-likeness (QED) is 0.698. The average Bonchev–Trinajstić information content (AvgIpc) is 3.23. The van der Waals surface area contributed by atoms with Gasteiger partial charge in [0.05, 0.1) is 6.04 Å². The summed E-state index contributed by atoms with van der Waals surface area (Å²) in [6.07, 6.45) is 5.08. The van der Waals surface area contributed by atoms with Gasteiger partial charge in [-0.2, -0.15) is 0 Å². The Morgan fingerprint density at radius 3 is 2.00 bits per heavy atom. The summed E-state index contributed by atoms with van der Waals surface area (Å²) in [4.78, 5) is 41.1. The van der Waals surface area contributed by atoms with Crippen molar-refractivity contribution < 1.29 is 14.4 Å². The van der Waals surface area contributed by atoms with E-state index in [1.807, 2.05) is 17.0 Å². The number of hydrogen-bond acceptors (Lipinski definition) is 4. The fourth-order valence-electron chi connectivity index (χ4n) is 4.74. The molecule has 1 saturated heterocycles. The molecule has 1 aromatic rings. The van der Waals surface area contributed by atoms with E-state index in [-0.39, 0.29) is 23.8 Å². The molecule has 2 N–H and O–H groups in total. The average molecular weight is 429 g/mol. The van der Waals surface area contributed by atoms with E-state index in [0.29, 0.717) is 37.0 Å². The monoisotopic (exact) mass is 428 g/mol. The molecule has 0 bridgehead atoms. The summed E-state index contributed by atoms with van der Waals surface area (Å²) in [5.74, 6) is 0.845. The number of piperazine rings is 1. The van der Waals surface area contributed by atoms with Crippen LogP contribution in [0.4, 0.5) is 11.4 Å². The molecule has 1 saturated carbocycles. The molecule has 2 fully saturated rings. The number of rotatable bonds is 7. The van der Waals surface area contributed by atoms with E-state index in [1.54, 1.807) is 12.1 Å². The van der Waals surface area contributed by atoms with Crippen molar-refractivity contribution in [3.63, 3.8) is 0 Å². The van der Waals surface area contributed by atoms with Crippen LogP contribution in [0.3, 0.4) is 0 Å². The molecule has 1 unspecified atom stereocenters. The smallest absolute Gasteiger partial charge is 0.242 e. The lowest BCUT2D eigenvalue weighted by atomic mass is 9.94. The van der Waals surface area contributed by atoms with Crippen LogP contribution < -0.4 is 10.6 Å². The second-order valence-corrected chi connectivity index (χ2v) is 9.25. The van der Waals surface area contributed by atoms with E-state index in [2.05, 4.69) is 29.4 Å². The maximum absolute atomic E-state index is 13.3. The predicted molar refractivity (Wildman–Crippen MR) is 123 cm³/mol. The first-order chi connectivity index (χ1) is 14.8. The number of benzene rings is 1. The van der Waals surface area contributed by atoms with Gasteiger partial charge in [0.15, 0.2) is 0 Å². The summed E-state index contributed by atoms with van der Waals surface area (Å²) < 4.78 is 0. The molecular weight excluding hydrogens is 392 g/mol. The Bertz CT molecular complexity index is 764. The molecule has 1 heterocycles. The van der Waals surface area contributed by atoms with Crippen molar-refractivity contribution in [2.45, 2.75) is 58.9 Å². The highest BCUT2D eigenvalue weighted by Gasteiger charge is 2.37. The lowest BCUT2D eigenvalue weighted by Gasteiger charge is -2.41. The van der Waals surface area contributed by atoms with Crippen molar-refractivity contribution in [3.8, 4) is 0 Å². The maximum Gasteiger partial charge on any atom is 0.242 e. The normalized spacial score (nSPS) is 18.8. The summed E-state index contributed by atoms with van der Waals surface area (Å²) in [5, 5.41) is 5.82. The van der Waals surface area contributed by atoms with Crippen LogP contribution in [0.1, 0.15) is 52.9 Å². The predicted octanol–water partition coefficient (Wildman–Crippen LogP) is 3.33.